The van der Waals surface area contributed by atoms with Crippen molar-refractivity contribution in [3.05, 3.63) is 60.2 Å². The molecule has 0 spiro atoms. The van der Waals surface area contributed by atoms with Crippen LogP contribution in [0.25, 0.3) is 11.5 Å². The number of furan rings is 1. The SMILES string of the molecule is O=C(OCc1cc(-c2ccco2)on1)c1ccncc1. The number of carbonyl (C=O) groups excluding carboxylic acids is 1. The van der Waals surface area contributed by atoms with Crippen LogP contribution in [0.3, 0.4) is 0 Å². The maximum Gasteiger partial charge on any atom is 0.338 e. The maximum atomic E-state index is 11.7. The van der Waals surface area contributed by atoms with Gasteiger partial charge in [-0.05, 0) is 24.3 Å². The highest BCUT2D eigenvalue weighted by atomic mass is 16.5. The number of nitrogens with zero attached hydrogens (tertiary/aromatic N) is 2. The Kier molecular flexibility index (Phi) is 3.28. The van der Waals surface area contributed by atoms with E-state index in [9.17, 15) is 4.79 Å². The number of esters is 1. The monoisotopic (exact) mass is 270 g/mol. The summed E-state index contributed by atoms with van der Waals surface area (Å²) in [7, 11) is 0. The molecule has 20 heavy (non-hydrogen) atoms. The zero-order chi connectivity index (χ0) is 13.8. The smallest absolute Gasteiger partial charge is 0.338 e. The number of hydrogen-bond donors (Lipinski definition) is 0. The van der Waals surface area contributed by atoms with E-state index in [1.165, 1.54) is 12.4 Å². The van der Waals surface area contributed by atoms with E-state index in [0.29, 0.717) is 22.8 Å². The van der Waals surface area contributed by atoms with E-state index >= 15 is 0 Å². The van der Waals surface area contributed by atoms with Gasteiger partial charge in [-0.15, -0.1) is 0 Å². The van der Waals surface area contributed by atoms with Crippen LogP contribution in [-0.2, 0) is 11.3 Å². The Morgan fingerprint density at radius 2 is 2.05 bits per heavy atom. The van der Waals surface area contributed by atoms with Gasteiger partial charge >= 0.3 is 5.97 Å². The first-order chi connectivity index (χ1) is 9.83. The number of carbonyl (C=O) groups is 1. The molecule has 0 aliphatic heterocycles. The molecular weight excluding hydrogens is 260 g/mol. The Balaban J connectivity index is 1.63. The van der Waals surface area contributed by atoms with Gasteiger partial charge in [0.2, 0.25) is 5.76 Å². The molecule has 0 aliphatic rings. The third kappa shape index (κ3) is 2.59. The summed E-state index contributed by atoms with van der Waals surface area (Å²) in [6.07, 6.45) is 4.60. The van der Waals surface area contributed by atoms with Crippen molar-refractivity contribution >= 4 is 5.97 Å². The standard InChI is InChI=1S/C14H10N2O4/c17-14(10-3-5-15-6-4-10)19-9-11-8-13(20-16-11)12-2-1-7-18-12/h1-8H,9H2. The van der Waals surface area contributed by atoms with Crippen LogP contribution in [0.2, 0.25) is 0 Å². The Morgan fingerprint density at radius 1 is 1.20 bits per heavy atom. The van der Waals surface area contributed by atoms with Gasteiger partial charge in [-0.2, -0.15) is 0 Å². The quantitative estimate of drug-likeness (QED) is 0.678. The molecule has 6 heteroatoms. The Bertz CT molecular complexity index is 689. The largest absolute Gasteiger partial charge is 0.461 e. The van der Waals surface area contributed by atoms with Crippen molar-refractivity contribution in [2.45, 2.75) is 6.61 Å². The summed E-state index contributed by atoms with van der Waals surface area (Å²) < 4.78 is 15.4. The second kappa shape index (κ2) is 5.40. The highest BCUT2D eigenvalue weighted by molar-refractivity contribution is 5.89. The van der Waals surface area contributed by atoms with Crippen molar-refractivity contribution in [3.8, 4) is 11.5 Å². The molecule has 3 aromatic rings. The summed E-state index contributed by atoms with van der Waals surface area (Å²) in [4.78, 5) is 15.6. The Hall–Kier alpha value is -2.89. The minimum atomic E-state index is -0.435. The van der Waals surface area contributed by atoms with Crippen LogP contribution in [0.15, 0.2) is 57.9 Å². The molecule has 3 rings (SSSR count). The molecule has 0 aromatic carbocycles. The highest BCUT2D eigenvalue weighted by Crippen LogP contribution is 2.20. The number of ether oxygens (including phenoxy) is 1. The van der Waals surface area contributed by atoms with Gasteiger partial charge in [0.05, 0.1) is 11.8 Å². The van der Waals surface area contributed by atoms with Gasteiger partial charge in [-0.25, -0.2) is 4.79 Å². The summed E-state index contributed by atoms with van der Waals surface area (Å²) in [5.74, 6) is 0.629. The molecule has 100 valence electrons. The number of hydrogen-bond acceptors (Lipinski definition) is 6. The predicted octanol–water partition coefficient (Wildman–Crippen LogP) is 2.69. The van der Waals surface area contributed by atoms with Gasteiger partial charge < -0.3 is 13.7 Å². The average Bonchev–Trinajstić information content (AvgIpc) is 3.16. The van der Waals surface area contributed by atoms with Gasteiger partial charge in [0.1, 0.15) is 12.3 Å². The molecule has 0 fully saturated rings. The fourth-order valence-electron chi connectivity index (χ4n) is 1.63. The second-order valence-electron chi connectivity index (χ2n) is 3.97. The maximum absolute atomic E-state index is 11.7. The first-order valence-electron chi connectivity index (χ1n) is 5.89. The molecule has 0 saturated carbocycles. The fourth-order valence-corrected chi connectivity index (χ4v) is 1.63. The second-order valence-corrected chi connectivity index (χ2v) is 3.97. The van der Waals surface area contributed by atoms with Crippen molar-refractivity contribution in [1.82, 2.24) is 10.1 Å². The van der Waals surface area contributed by atoms with E-state index in [0.717, 1.165) is 0 Å². The lowest BCUT2D eigenvalue weighted by atomic mass is 10.3. The molecule has 0 unspecified atom stereocenters. The third-order valence-electron chi connectivity index (χ3n) is 2.59. The van der Waals surface area contributed by atoms with Crippen molar-refractivity contribution in [3.63, 3.8) is 0 Å². The Labute approximate surface area is 114 Å². The van der Waals surface area contributed by atoms with Gasteiger partial charge in [-0.3, -0.25) is 4.98 Å². The van der Waals surface area contributed by atoms with Crippen molar-refractivity contribution < 1.29 is 18.5 Å². The van der Waals surface area contributed by atoms with E-state index in [4.69, 9.17) is 13.7 Å². The first-order valence-corrected chi connectivity index (χ1v) is 5.89. The normalized spacial score (nSPS) is 10.4. The van der Waals surface area contributed by atoms with E-state index in [-0.39, 0.29) is 6.61 Å². The zero-order valence-corrected chi connectivity index (χ0v) is 10.4. The summed E-state index contributed by atoms with van der Waals surface area (Å²) in [6.45, 7) is 0.0331. The zero-order valence-electron chi connectivity index (χ0n) is 10.4. The molecule has 0 N–H and O–H groups in total. The minimum absolute atomic E-state index is 0.0331. The molecule has 6 nitrogen and oxygen atoms in total. The van der Waals surface area contributed by atoms with Gasteiger partial charge in [0, 0.05) is 18.5 Å². The van der Waals surface area contributed by atoms with Gasteiger partial charge in [0.15, 0.2) is 5.76 Å². The lowest BCUT2D eigenvalue weighted by Gasteiger charge is -2.01. The molecule has 0 aliphatic carbocycles. The summed E-state index contributed by atoms with van der Waals surface area (Å²) in [5, 5.41) is 3.81. The number of aromatic nitrogens is 2. The molecule has 0 atom stereocenters. The summed E-state index contributed by atoms with van der Waals surface area (Å²) >= 11 is 0. The topological polar surface area (TPSA) is 78.4 Å². The van der Waals surface area contributed by atoms with Crippen LogP contribution in [0, 0.1) is 0 Å². The molecule has 0 amide bonds. The first kappa shape index (κ1) is 12.2. The minimum Gasteiger partial charge on any atom is -0.461 e. The van der Waals surface area contributed by atoms with E-state index in [2.05, 4.69) is 10.1 Å². The molecule has 0 bridgehead atoms. The van der Waals surface area contributed by atoms with Crippen LogP contribution >= 0.6 is 0 Å². The van der Waals surface area contributed by atoms with Crippen LogP contribution in [-0.4, -0.2) is 16.1 Å². The predicted molar refractivity (Wildman–Crippen MR) is 67.6 cm³/mol. The number of pyridine rings is 1. The fraction of sp³-hybridized carbons (Fsp3) is 0.0714. The van der Waals surface area contributed by atoms with Crippen LogP contribution in [0.5, 0.6) is 0 Å². The van der Waals surface area contributed by atoms with Crippen LogP contribution in [0.1, 0.15) is 16.1 Å². The Morgan fingerprint density at radius 3 is 2.80 bits per heavy atom. The molecular formula is C14H10N2O4. The van der Waals surface area contributed by atoms with Crippen molar-refractivity contribution in [1.29, 1.82) is 0 Å². The average molecular weight is 270 g/mol. The lowest BCUT2D eigenvalue weighted by molar-refractivity contribution is 0.0464. The highest BCUT2D eigenvalue weighted by Gasteiger charge is 2.12. The number of rotatable bonds is 4. The summed E-state index contributed by atoms with van der Waals surface area (Å²) in [6, 6.07) is 8.34. The van der Waals surface area contributed by atoms with Gasteiger partial charge in [0.25, 0.3) is 0 Å². The molecule has 0 saturated heterocycles. The van der Waals surface area contributed by atoms with Crippen LogP contribution in [0.4, 0.5) is 0 Å². The molecule has 0 radical (unpaired) electrons. The van der Waals surface area contributed by atoms with E-state index in [1.807, 2.05) is 0 Å². The van der Waals surface area contributed by atoms with E-state index in [1.54, 1.807) is 36.6 Å². The third-order valence-corrected chi connectivity index (χ3v) is 2.59. The van der Waals surface area contributed by atoms with Crippen molar-refractivity contribution in [2.24, 2.45) is 0 Å². The van der Waals surface area contributed by atoms with Gasteiger partial charge in [-0.1, -0.05) is 5.16 Å². The lowest BCUT2D eigenvalue weighted by Crippen LogP contribution is -2.05. The molecule has 3 heterocycles. The summed E-state index contributed by atoms with van der Waals surface area (Å²) in [5.41, 5.74) is 0.952. The molecule has 3 aromatic heterocycles. The van der Waals surface area contributed by atoms with Crippen LogP contribution < -0.4 is 0 Å². The van der Waals surface area contributed by atoms with Crippen molar-refractivity contribution in [2.75, 3.05) is 0 Å². The van der Waals surface area contributed by atoms with E-state index < -0.39 is 5.97 Å².